The average Bonchev–Trinajstić information content (AvgIpc) is 2.87. The van der Waals surface area contributed by atoms with E-state index in [0.717, 1.165) is 0 Å². The molecule has 3 aromatic heterocycles. The number of aryl methyl sites for hydroxylation is 2. The summed E-state index contributed by atoms with van der Waals surface area (Å²) in [5.41, 5.74) is 1.19. The normalized spacial score (nSPS) is 11.1. The van der Waals surface area contributed by atoms with Crippen LogP contribution in [0.1, 0.15) is 16.2 Å². The maximum absolute atomic E-state index is 11.2. The Bertz CT molecular complexity index is 772. The van der Waals surface area contributed by atoms with Gasteiger partial charge in [0, 0.05) is 13.2 Å². The SMILES string of the molecule is Cc1nc2n(C)c(-c3ccccn3)nn2c1C(=O)O. The van der Waals surface area contributed by atoms with Crippen LogP contribution in [0.2, 0.25) is 0 Å². The van der Waals surface area contributed by atoms with Gasteiger partial charge in [0.2, 0.25) is 5.78 Å². The maximum Gasteiger partial charge on any atom is 0.356 e. The molecule has 0 radical (unpaired) electrons. The molecule has 7 heteroatoms. The highest BCUT2D eigenvalue weighted by atomic mass is 16.4. The highest BCUT2D eigenvalue weighted by molar-refractivity contribution is 5.88. The van der Waals surface area contributed by atoms with Crippen molar-refractivity contribution in [1.29, 1.82) is 0 Å². The predicted molar refractivity (Wildman–Crippen MR) is 66.9 cm³/mol. The van der Waals surface area contributed by atoms with Crippen LogP contribution < -0.4 is 0 Å². The second-order valence-electron chi connectivity index (χ2n) is 4.16. The van der Waals surface area contributed by atoms with Crippen molar-refractivity contribution < 1.29 is 9.90 Å². The van der Waals surface area contributed by atoms with Gasteiger partial charge in [-0.15, -0.1) is 5.10 Å². The first kappa shape index (κ1) is 11.4. The zero-order valence-corrected chi connectivity index (χ0v) is 10.4. The third-order valence-corrected chi connectivity index (χ3v) is 2.92. The minimum Gasteiger partial charge on any atom is -0.476 e. The molecule has 0 aliphatic carbocycles. The summed E-state index contributed by atoms with van der Waals surface area (Å²) in [6.45, 7) is 1.65. The van der Waals surface area contributed by atoms with Crippen molar-refractivity contribution in [3.63, 3.8) is 0 Å². The van der Waals surface area contributed by atoms with Crippen LogP contribution >= 0.6 is 0 Å². The van der Waals surface area contributed by atoms with Crippen LogP contribution in [-0.2, 0) is 7.05 Å². The molecule has 1 N–H and O–H groups in total. The lowest BCUT2D eigenvalue weighted by Crippen LogP contribution is -2.04. The monoisotopic (exact) mass is 257 g/mol. The Morgan fingerprint density at radius 1 is 1.37 bits per heavy atom. The van der Waals surface area contributed by atoms with E-state index in [-0.39, 0.29) is 5.69 Å². The Morgan fingerprint density at radius 2 is 2.16 bits per heavy atom. The third-order valence-electron chi connectivity index (χ3n) is 2.92. The standard InChI is InChI=1S/C12H11N5O2/c1-7-9(11(18)19)17-12(14-7)16(2)10(15-17)8-5-3-4-6-13-8/h3-6H,1-2H3,(H,18,19). The second-order valence-corrected chi connectivity index (χ2v) is 4.16. The summed E-state index contributed by atoms with van der Waals surface area (Å²) in [5, 5.41) is 13.5. The molecule has 3 aromatic rings. The van der Waals surface area contributed by atoms with Crippen molar-refractivity contribution in [1.82, 2.24) is 24.1 Å². The largest absolute Gasteiger partial charge is 0.476 e. The number of aromatic carboxylic acids is 1. The molecule has 0 aliphatic rings. The molecular formula is C12H11N5O2. The van der Waals surface area contributed by atoms with Crippen molar-refractivity contribution in [2.45, 2.75) is 6.92 Å². The first-order valence-corrected chi connectivity index (χ1v) is 5.66. The number of rotatable bonds is 2. The van der Waals surface area contributed by atoms with Gasteiger partial charge in [0.05, 0.1) is 5.69 Å². The average molecular weight is 257 g/mol. The van der Waals surface area contributed by atoms with E-state index >= 15 is 0 Å². The van der Waals surface area contributed by atoms with Crippen LogP contribution in [0, 0.1) is 6.92 Å². The van der Waals surface area contributed by atoms with Crippen LogP contribution in [0.3, 0.4) is 0 Å². The quantitative estimate of drug-likeness (QED) is 0.744. The summed E-state index contributed by atoms with van der Waals surface area (Å²) in [7, 11) is 1.78. The Hall–Kier alpha value is -2.70. The summed E-state index contributed by atoms with van der Waals surface area (Å²) >= 11 is 0. The number of aromatic nitrogens is 5. The van der Waals surface area contributed by atoms with Gasteiger partial charge >= 0.3 is 5.97 Å². The molecule has 0 amide bonds. The number of pyridine rings is 1. The molecule has 0 fully saturated rings. The van der Waals surface area contributed by atoms with Gasteiger partial charge in [0.25, 0.3) is 0 Å². The maximum atomic E-state index is 11.2. The summed E-state index contributed by atoms with van der Waals surface area (Å²) < 4.78 is 3.06. The van der Waals surface area contributed by atoms with Crippen molar-refractivity contribution in [3.05, 3.63) is 35.8 Å². The highest BCUT2D eigenvalue weighted by Crippen LogP contribution is 2.19. The van der Waals surface area contributed by atoms with Crippen LogP contribution in [-0.4, -0.2) is 35.2 Å². The number of carboxylic acids is 1. The minimum atomic E-state index is -1.05. The highest BCUT2D eigenvalue weighted by Gasteiger charge is 2.21. The lowest BCUT2D eigenvalue weighted by atomic mass is 10.3. The zero-order chi connectivity index (χ0) is 13.6. The Morgan fingerprint density at radius 3 is 2.79 bits per heavy atom. The molecule has 0 saturated heterocycles. The van der Waals surface area contributed by atoms with Crippen LogP contribution in [0.5, 0.6) is 0 Å². The summed E-state index contributed by atoms with van der Waals surface area (Å²) in [6, 6.07) is 5.47. The number of hydrogen-bond acceptors (Lipinski definition) is 4. The van der Waals surface area contributed by atoms with Gasteiger partial charge < -0.3 is 5.11 Å². The molecule has 0 bridgehead atoms. The lowest BCUT2D eigenvalue weighted by molar-refractivity contribution is 0.0687. The third kappa shape index (κ3) is 1.59. The van der Waals surface area contributed by atoms with Crippen LogP contribution in [0.15, 0.2) is 24.4 Å². The number of imidazole rings is 1. The van der Waals surface area contributed by atoms with E-state index in [1.165, 1.54) is 4.52 Å². The molecule has 3 rings (SSSR count). The Labute approximate surface area is 108 Å². The number of carbonyl (C=O) groups is 1. The van der Waals surface area contributed by atoms with Crippen molar-refractivity contribution in [3.8, 4) is 11.5 Å². The molecule has 7 nitrogen and oxygen atoms in total. The number of carboxylic acid groups (broad SMARTS) is 1. The van der Waals surface area contributed by atoms with Crippen molar-refractivity contribution in [2.24, 2.45) is 7.05 Å². The molecular weight excluding hydrogens is 246 g/mol. The molecule has 0 spiro atoms. The van der Waals surface area contributed by atoms with Crippen molar-refractivity contribution in [2.75, 3.05) is 0 Å². The van der Waals surface area contributed by atoms with Gasteiger partial charge in [0.1, 0.15) is 5.69 Å². The number of fused-ring (bicyclic) bond motifs is 1. The lowest BCUT2D eigenvalue weighted by Gasteiger charge is -1.98. The van der Waals surface area contributed by atoms with Gasteiger partial charge in [-0.05, 0) is 19.1 Å². The first-order chi connectivity index (χ1) is 9.09. The number of hydrogen-bond donors (Lipinski definition) is 1. The van der Waals surface area contributed by atoms with Crippen LogP contribution in [0.25, 0.3) is 17.3 Å². The fourth-order valence-electron chi connectivity index (χ4n) is 2.04. The molecule has 19 heavy (non-hydrogen) atoms. The van der Waals surface area contributed by atoms with E-state index in [1.807, 2.05) is 18.2 Å². The fourth-order valence-corrected chi connectivity index (χ4v) is 2.04. The van der Waals surface area contributed by atoms with E-state index < -0.39 is 5.97 Å². The smallest absolute Gasteiger partial charge is 0.356 e. The summed E-state index contributed by atoms with van der Waals surface area (Å²) in [4.78, 5) is 19.7. The predicted octanol–water partition coefficient (Wildman–Crippen LogP) is 1.14. The van der Waals surface area contributed by atoms with E-state index in [2.05, 4.69) is 15.1 Å². The Kier molecular flexibility index (Phi) is 2.34. The number of nitrogens with zero attached hydrogens (tertiary/aromatic N) is 5. The van der Waals surface area contributed by atoms with E-state index in [9.17, 15) is 9.90 Å². The minimum absolute atomic E-state index is 0.0766. The van der Waals surface area contributed by atoms with Gasteiger partial charge in [-0.1, -0.05) is 6.07 Å². The summed E-state index contributed by atoms with van der Waals surface area (Å²) in [5.74, 6) is 0.0109. The first-order valence-electron chi connectivity index (χ1n) is 5.66. The van der Waals surface area contributed by atoms with Crippen LogP contribution in [0.4, 0.5) is 0 Å². The van der Waals surface area contributed by atoms with E-state index in [1.54, 1.807) is 24.7 Å². The van der Waals surface area contributed by atoms with Gasteiger partial charge in [-0.25, -0.2) is 9.78 Å². The second kappa shape index (κ2) is 3.91. The Balaban J connectivity index is 2.30. The molecule has 0 aromatic carbocycles. The van der Waals surface area contributed by atoms with E-state index in [0.29, 0.717) is 23.0 Å². The zero-order valence-electron chi connectivity index (χ0n) is 10.4. The van der Waals surface area contributed by atoms with E-state index in [4.69, 9.17) is 0 Å². The molecule has 0 aliphatic heterocycles. The fraction of sp³-hybridized carbons (Fsp3) is 0.167. The molecule has 0 saturated carbocycles. The molecule has 96 valence electrons. The van der Waals surface area contributed by atoms with Gasteiger partial charge in [-0.2, -0.15) is 4.52 Å². The van der Waals surface area contributed by atoms with Gasteiger partial charge in [0.15, 0.2) is 11.5 Å². The molecule has 0 unspecified atom stereocenters. The summed E-state index contributed by atoms with van der Waals surface area (Å²) in [6.07, 6.45) is 1.66. The van der Waals surface area contributed by atoms with Gasteiger partial charge in [-0.3, -0.25) is 9.55 Å². The van der Waals surface area contributed by atoms with Crippen molar-refractivity contribution >= 4 is 11.7 Å². The molecule has 3 heterocycles. The topological polar surface area (TPSA) is 85.3 Å². The molecule has 0 atom stereocenters.